The fourth-order valence-electron chi connectivity index (χ4n) is 3.96. The summed E-state index contributed by atoms with van der Waals surface area (Å²) < 4.78 is 1.85. The number of piperidine rings is 1. The lowest BCUT2D eigenvalue weighted by molar-refractivity contribution is -0.147. The first kappa shape index (κ1) is 15.5. The van der Waals surface area contributed by atoms with E-state index in [1.54, 1.807) is 0 Å². The van der Waals surface area contributed by atoms with Crippen molar-refractivity contribution in [1.82, 2.24) is 24.6 Å². The van der Waals surface area contributed by atoms with Crippen molar-refractivity contribution in [3.63, 3.8) is 0 Å². The molecule has 1 aromatic rings. The number of carbonyl (C=O) groups is 1. The zero-order valence-corrected chi connectivity index (χ0v) is 14.2. The van der Waals surface area contributed by atoms with Gasteiger partial charge in [-0.15, -0.1) is 0 Å². The van der Waals surface area contributed by atoms with Gasteiger partial charge >= 0.3 is 0 Å². The normalized spacial score (nSPS) is 26.6. The van der Waals surface area contributed by atoms with E-state index >= 15 is 0 Å². The highest BCUT2D eigenvalue weighted by atomic mass is 16.2. The number of hydrogen-bond acceptors (Lipinski definition) is 4. The summed E-state index contributed by atoms with van der Waals surface area (Å²) in [4.78, 5) is 21.8. The molecule has 3 heterocycles. The molecule has 0 aromatic carbocycles. The molecule has 2 aliphatic heterocycles. The lowest BCUT2D eigenvalue weighted by atomic mass is 9.78. The Morgan fingerprint density at radius 1 is 1.27 bits per heavy atom. The maximum atomic E-state index is 12.9. The van der Waals surface area contributed by atoms with E-state index in [9.17, 15) is 4.79 Å². The van der Waals surface area contributed by atoms with Crippen LogP contribution < -0.4 is 0 Å². The van der Waals surface area contributed by atoms with Crippen LogP contribution in [0.25, 0.3) is 0 Å². The first-order valence-corrected chi connectivity index (χ1v) is 8.31. The van der Waals surface area contributed by atoms with Crippen molar-refractivity contribution < 1.29 is 4.79 Å². The molecule has 2 saturated heterocycles. The fourth-order valence-corrected chi connectivity index (χ4v) is 3.96. The summed E-state index contributed by atoms with van der Waals surface area (Å²) >= 11 is 0. The van der Waals surface area contributed by atoms with Crippen molar-refractivity contribution in [2.75, 3.05) is 19.6 Å². The molecule has 6 heteroatoms. The van der Waals surface area contributed by atoms with E-state index in [2.05, 4.69) is 33.7 Å². The van der Waals surface area contributed by atoms with Gasteiger partial charge in [-0.05, 0) is 46.6 Å². The third-order valence-electron chi connectivity index (χ3n) is 5.15. The van der Waals surface area contributed by atoms with Gasteiger partial charge in [-0.3, -0.25) is 14.4 Å². The Labute approximate surface area is 132 Å². The van der Waals surface area contributed by atoms with E-state index in [-0.39, 0.29) is 5.41 Å². The van der Waals surface area contributed by atoms with Crippen LogP contribution in [0.1, 0.15) is 44.8 Å². The molecule has 1 atom stereocenters. The number of carbonyl (C=O) groups excluding carboxylic acids is 1. The molecule has 22 heavy (non-hydrogen) atoms. The van der Waals surface area contributed by atoms with Crippen LogP contribution in [0.2, 0.25) is 0 Å². The van der Waals surface area contributed by atoms with Crippen molar-refractivity contribution in [2.45, 2.75) is 52.6 Å². The third kappa shape index (κ3) is 2.64. The standard InChI is InChI=1S/C16H27N5O/c1-12(2)21-8-5-6-16(15(21)22)7-9-20(11-16)10-14-17-13(3)18-19(14)4/h12H,5-11H2,1-4H3. The molecule has 0 radical (unpaired) electrons. The van der Waals surface area contributed by atoms with E-state index in [0.717, 1.165) is 57.1 Å². The van der Waals surface area contributed by atoms with E-state index in [1.165, 1.54) is 0 Å². The average Bonchev–Trinajstić information content (AvgIpc) is 2.98. The number of hydrogen-bond donors (Lipinski definition) is 0. The van der Waals surface area contributed by atoms with Crippen LogP contribution in [0.5, 0.6) is 0 Å². The van der Waals surface area contributed by atoms with Gasteiger partial charge in [-0.1, -0.05) is 0 Å². The van der Waals surface area contributed by atoms with Crippen LogP contribution in [0.15, 0.2) is 0 Å². The van der Waals surface area contributed by atoms with Gasteiger partial charge in [0.15, 0.2) is 0 Å². The van der Waals surface area contributed by atoms with Crippen molar-refractivity contribution in [3.05, 3.63) is 11.6 Å². The second-order valence-electron chi connectivity index (χ2n) is 7.14. The molecule has 2 aliphatic rings. The van der Waals surface area contributed by atoms with Gasteiger partial charge < -0.3 is 4.90 Å². The first-order chi connectivity index (χ1) is 10.4. The minimum atomic E-state index is -0.157. The summed E-state index contributed by atoms with van der Waals surface area (Å²) in [5.74, 6) is 2.16. The predicted molar refractivity (Wildman–Crippen MR) is 84.2 cm³/mol. The molecule has 0 aliphatic carbocycles. The number of likely N-dealkylation sites (tertiary alicyclic amines) is 2. The smallest absolute Gasteiger partial charge is 0.230 e. The summed E-state index contributed by atoms with van der Waals surface area (Å²) in [5, 5.41) is 4.31. The fraction of sp³-hybridized carbons (Fsp3) is 0.812. The van der Waals surface area contributed by atoms with Crippen LogP contribution in [0, 0.1) is 12.3 Å². The average molecular weight is 305 g/mol. The van der Waals surface area contributed by atoms with Gasteiger partial charge in [-0.25, -0.2) is 4.98 Å². The monoisotopic (exact) mass is 305 g/mol. The highest BCUT2D eigenvalue weighted by Gasteiger charge is 2.48. The molecule has 1 spiro atoms. The molecular formula is C16H27N5O. The molecule has 1 aromatic heterocycles. The van der Waals surface area contributed by atoms with Gasteiger partial charge in [0.2, 0.25) is 5.91 Å². The SMILES string of the molecule is Cc1nc(CN2CCC3(CCCN(C(C)C)C3=O)C2)n(C)n1. The number of aromatic nitrogens is 3. The Kier molecular flexibility index (Phi) is 3.97. The topological polar surface area (TPSA) is 54.3 Å². The molecule has 0 N–H and O–H groups in total. The van der Waals surface area contributed by atoms with Crippen molar-refractivity contribution in [2.24, 2.45) is 12.5 Å². The maximum absolute atomic E-state index is 12.9. The Balaban J connectivity index is 1.71. The van der Waals surface area contributed by atoms with Gasteiger partial charge in [0, 0.05) is 26.2 Å². The largest absolute Gasteiger partial charge is 0.340 e. The Morgan fingerprint density at radius 2 is 2.05 bits per heavy atom. The first-order valence-electron chi connectivity index (χ1n) is 8.31. The summed E-state index contributed by atoms with van der Waals surface area (Å²) in [6.45, 7) is 9.69. The molecule has 1 amide bonds. The second-order valence-corrected chi connectivity index (χ2v) is 7.14. The minimum absolute atomic E-state index is 0.157. The number of nitrogens with zero attached hydrogens (tertiary/aromatic N) is 5. The lowest BCUT2D eigenvalue weighted by Gasteiger charge is -2.41. The molecular weight excluding hydrogens is 278 g/mol. The molecule has 3 rings (SSSR count). The Bertz CT molecular complexity index is 567. The van der Waals surface area contributed by atoms with Crippen LogP contribution in [-0.4, -0.2) is 56.1 Å². The van der Waals surface area contributed by atoms with E-state index in [4.69, 9.17) is 0 Å². The van der Waals surface area contributed by atoms with Gasteiger partial charge in [0.25, 0.3) is 0 Å². The third-order valence-corrected chi connectivity index (χ3v) is 5.15. The highest BCUT2D eigenvalue weighted by Crippen LogP contribution is 2.40. The number of rotatable bonds is 3. The van der Waals surface area contributed by atoms with Gasteiger partial charge in [0.1, 0.15) is 11.6 Å². The van der Waals surface area contributed by atoms with Crippen LogP contribution in [0.4, 0.5) is 0 Å². The summed E-state index contributed by atoms with van der Waals surface area (Å²) in [7, 11) is 1.94. The number of aryl methyl sites for hydroxylation is 2. The molecule has 1 unspecified atom stereocenters. The second kappa shape index (κ2) is 5.65. The lowest BCUT2D eigenvalue weighted by Crippen LogP contribution is -2.52. The molecule has 0 bridgehead atoms. The summed E-state index contributed by atoms with van der Waals surface area (Å²) in [5.41, 5.74) is -0.157. The predicted octanol–water partition coefficient (Wildman–Crippen LogP) is 1.35. The zero-order valence-electron chi connectivity index (χ0n) is 14.2. The van der Waals surface area contributed by atoms with E-state index < -0.39 is 0 Å². The summed E-state index contributed by atoms with van der Waals surface area (Å²) in [6, 6.07) is 0.306. The number of amides is 1. The quantitative estimate of drug-likeness (QED) is 0.846. The van der Waals surface area contributed by atoms with Gasteiger partial charge in [0.05, 0.1) is 12.0 Å². The van der Waals surface area contributed by atoms with Crippen molar-refractivity contribution in [1.29, 1.82) is 0 Å². The summed E-state index contributed by atoms with van der Waals surface area (Å²) in [6.07, 6.45) is 3.14. The molecule has 6 nitrogen and oxygen atoms in total. The maximum Gasteiger partial charge on any atom is 0.230 e. The van der Waals surface area contributed by atoms with Crippen LogP contribution >= 0.6 is 0 Å². The Hall–Kier alpha value is -1.43. The molecule has 122 valence electrons. The Morgan fingerprint density at radius 3 is 2.68 bits per heavy atom. The van der Waals surface area contributed by atoms with Crippen LogP contribution in [0.3, 0.4) is 0 Å². The van der Waals surface area contributed by atoms with Crippen molar-refractivity contribution >= 4 is 5.91 Å². The zero-order chi connectivity index (χ0) is 15.9. The van der Waals surface area contributed by atoms with E-state index in [0.29, 0.717) is 11.9 Å². The molecule has 2 fully saturated rings. The molecule has 0 saturated carbocycles. The van der Waals surface area contributed by atoms with Crippen molar-refractivity contribution in [3.8, 4) is 0 Å². The highest BCUT2D eigenvalue weighted by molar-refractivity contribution is 5.84. The van der Waals surface area contributed by atoms with Gasteiger partial charge in [-0.2, -0.15) is 5.10 Å². The minimum Gasteiger partial charge on any atom is -0.340 e. The van der Waals surface area contributed by atoms with Crippen LogP contribution in [-0.2, 0) is 18.4 Å². The van der Waals surface area contributed by atoms with E-state index in [1.807, 2.05) is 18.7 Å².